The zero-order valence-electron chi connectivity index (χ0n) is 10.9. The standard InChI is InChI=1S/C12H13Cl2N5O2/c13-8-2-1-7(5-9(8)14)6-16-3-4-17-12(20)10-11(15)19-21-18-10/h1-2,5,16H,3-4,6H2,(H2,15,19)(H,17,20). The number of hydrogen-bond acceptors (Lipinski definition) is 6. The van der Waals surface area contributed by atoms with Gasteiger partial charge >= 0.3 is 0 Å². The van der Waals surface area contributed by atoms with Gasteiger partial charge in [0.25, 0.3) is 5.91 Å². The monoisotopic (exact) mass is 329 g/mol. The molecule has 0 aliphatic carbocycles. The molecule has 0 atom stereocenters. The van der Waals surface area contributed by atoms with Gasteiger partial charge in [-0.2, -0.15) is 0 Å². The van der Waals surface area contributed by atoms with Crippen LogP contribution in [0.25, 0.3) is 0 Å². The molecule has 0 bridgehead atoms. The minimum Gasteiger partial charge on any atom is -0.379 e. The molecule has 1 aromatic heterocycles. The van der Waals surface area contributed by atoms with E-state index in [-0.39, 0.29) is 11.5 Å². The van der Waals surface area contributed by atoms with E-state index in [0.29, 0.717) is 29.7 Å². The van der Waals surface area contributed by atoms with E-state index in [1.807, 2.05) is 6.07 Å². The van der Waals surface area contributed by atoms with Crippen LogP contribution in [-0.2, 0) is 6.54 Å². The summed E-state index contributed by atoms with van der Waals surface area (Å²) < 4.78 is 4.35. The first-order chi connectivity index (χ1) is 10.1. The van der Waals surface area contributed by atoms with Crippen LogP contribution in [0.5, 0.6) is 0 Å². The number of aromatic nitrogens is 2. The topological polar surface area (TPSA) is 106 Å². The van der Waals surface area contributed by atoms with Crippen molar-refractivity contribution >= 4 is 34.9 Å². The van der Waals surface area contributed by atoms with E-state index >= 15 is 0 Å². The van der Waals surface area contributed by atoms with Gasteiger partial charge in [-0.1, -0.05) is 29.3 Å². The van der Waals surface area contributed by atoms with Crippen LogP contribution in [0, 0.1) is 0 Å². The molecule has 2 rings (SSSR count). The lowest BCUT2D eigenvalue weighted by Crippen LogP contribution is -2.32. The Balaban J connectivity index is 1.69. The number of benzene rings is 1. The molecule has 9 heteroatoms. The number of nitrogen functional groups attached to an aromatic ring is 1. The fourth-order valence-corrected chi connectivity index (χ4v) is 1.90. The summed E-state index contributed by atoms with van der Waals surface area (Å²) in [6.07, 6.45) is 0. The molecule has 1 amide bonds. The lowest BCUT2D eigenvalue weighted by Gasteiger charge is -2.07. The Labute approximate surface area is 130 Å². The lowest BCUT2D eigenvalue weighted by molar-refractivity contribution is 0.0944. The van der Waals surface area contributed by atoms with Crippen molar-refractivity contribution in [2.24, 2.45) is 0 Å². The average Bonchev–Trinajstić information content (AvgIpc) is 2.88. The van der Waals surface area contributed by atoms with Gasteiger partial charge in [0.1, 0.15) is 0 Å². The minimum absolute atomic E-state index is 0.0144. The quantitative estimate of drug-likeness (QED) is 0.693. The van der Waals surface area contributed by atoms with E-state index in [1.54, 1.807) is 12.1 Å². The molecule has 1 aromatic carbocycles. The average molecular weight is 330 g/mol. The molecule has 0 aliphatic heterocycles. The maximum absolute atomic E-state index is 11.6. The van der Waals surface area contributed by atoms with Gasteiger partial charge in [-0.25, -0.2) is 4.63 Å². The number of amides is 1. The largest absolute Gasteiger partial charge is 0.379 e. The van der Waals surface area contributed by atoms with E-state index in [2.05, 4.69) is 25.6 Å². The zero-order chi connectivity index (χ0) is 15.2. The van der Waals surface area contributed by atoms with E-state index in [9.17, 15) is 4.79 Å². The smallest absolute Gasteiger partial charge is 0.277 e. The van der Waals surface area contributed by atoms with Crippen LogP contribution in [0.15, 0.2) is 22.8 Å². The summed E-state index contributed by atoms with van der Waals surface area (Å²) in [5.41, 5.74) is 6.39. The molecule has 0 spiro atoms. The third-order valence-electron chi connectivity index (χ3n) is 2.63. The van der Waals surface area contributed by atoms with Gasteiger partial charge in [0, 0.05) is 19.6 Å². The Hall–Kier alpha value is -1.83. The summed E-state index contributed by atoms with van der Waals surface area (Å²) in [4.78, 5) is 11.6. The normalized spacial score (nSPS) is 10.6. The predicted molar refractivity (Wildman–Crippen MR) is 79.2 cm³/mol. The Morgan fingerprint density at radius 2 is 2.05 bits per heavy atom. The van der Waals surface area contributed by atoms with Gasteiger partial charge in [-0.05, 0) is 28.0 Å². The Kier molecular flexibility index (Phi) is 5.38. The minimum atomic E-state index is -0.426. The molecule has 1 heterocycles. The second-order valence-corrected chi connectivity index (χ2v) is 4.99. The van der Waals surface area contributed by atoms with E-state index in [0.717, 1.165) is 5.56 Å². The van der Waals surface area contributed by atoms with Gasteiger partial charge in [0.2, 0.25) is 11.5 Å². The first-order valence-corrected chi connectivity index (χ1v) is 6.84. The van der Waals surface area contributed by atoms with Gasteiger partial charge in [0.05, 0.1) is 10.0 Å². The van der Waals surface area contributed by atoms with Crippen LogP contribution in [-0.4, -0.2) is 29.3 Å². The molecule has 0 radical (unpaired) electrons. The molecule has 0 unspecified atom stereocenters. The second-order valence-electron chi connectivity index (χ2n) is 4.18. The summed E-state index contributed by atoms with van der Waals surface area (Å²) in [5, 5.41) is 13.6. The van der Waals surface area contributed by atoms with Gasteiger partial charge in [-0.15, -0.1) is 0 Å². The second kappa shape index (κ2) is 7.26. The number of carbonyl (C=O) groups excluding carboxylic acids is 1. The lowest BCUT2D eigenvalue weighted by atomic mass is 10.2. The SMILES string of the molecule is Nc1nonc1C(=O)NCCNCc1ccc(Cl)c(Cl)c1. The first kappa shape index (κ1) is 15.6. The van der Waals surface area contributed by atoms with Crippen molar-refractivity contribution in [1.29, 1.82) is 0 Å². The summed E-state index contributed by atoms with van der Waals surface area (Å²) in [6, 6.07) is 5.40. The van der Waals surface area contributed by atoms with Crippen molar-refractivity contribution in [3.05, 3.63) is 39.5 Å². The maximum atomic E-state index is 11.6. The first-order valence-electron chi connectivity index (χ1n) is 6.09. The van der Waals surface area contributed by atoms with Crippen LogP contribution >= 0.6 is 23.2 Å². The van der Waals surface area contributed by atoms with Crippen LogP contribution in [0.3, 0.4) is 0 Å². The number of halogens is 2. The third kappa shape index (κ3) is 4.32. The van der Waals surface area contributed by atoms with Crippen molar-refractivity contribution < 1.29 is 9.42 Å². The van der Waals surface area contributed by atoms with Crippen molar-refractivity contribution in [1.82, 2.24) is 20.9 Å². The Morgan fingerprint density at radius 1 is 1.24 bits per heavy atom. The van der Waals surface area contributed by atoms with Crippen molar-refractivity contribution in [2.45, 2.75) is 6.54 Å². The Bertz CT molecular complexity index is 632. The van der Waals surface area contributed by atoms with Crippen molar-refractivity contribution in [3.63, 3.8) is 0 Å². The number of nitrogens with two attached hydrogens (primary N) is 1. The van der Waals surface area contributed by atoms with Gasteiger partial charge in [0.15, 0.2) is 0 Å². The van der Waals surface area contributed by atoms with E-state index < -0.39 is 5.91 Å². The van der Waals surface area contributed by atoms with Crippen LogP contribution in [0.4, 0.5) is 5.82 Å². The molecular weight excluding hydrogens is 317 g/mol. The molecule has 4 N–H and O–H groups in total. The van der Waals surface area contributed by atoms with Crippen molar-refractivity contribution in [3.8, 4) is 0 Å². The van der Waals surface area contributed by atoms with Gasteiger partial charge < -0.3 is 16.4 Å². The number of carbonyl (C=O) groups is 1. The molecule has 7 nitrogen and oxygen atoms in total. The number of hydrogen-bond donors (Lipinski definition) is 3. The molecule has 21 heavy (non-hydrogen) atoms. The third-order valence-corrected chi connectivity index (χ3v) is 3.37. The summed E-state index contributed by atoms with van der Waals surface area (Å²) in [6.45, 7) is 1.59. The summed E-state index contributed by atoms with van der Waals surface area (Å²) in [5.74, 6) is -0.457. The van der Waals surface area contributed by atoms with Crippen LogP contribution in [0.1, 0.15) is 16.1 Å². The Morgan fingerprint density at radius 3 is 2.71 bits per heavy atom. The molecule has 0 saturated carbocycles. The van der Waals surface area contributed by atoms with E-state index in [4.69, 9.17) is 28.9 Å². The molecule has 0 saturated heterocycles. The molecule has 2 aromatic rings. The fourth-order valence-electron chi connectivity index (χ4n) is 1.58. The maximum Gasteiger partial charge on any atom is 0.277 e. The molecular formula is C12H13Cl2N5O2. The highest BCUT2D eigenvalue weighted by molar-refractivity contribution is 6.42. The number of nitrogens with one attached hydrogen (secondary N) is 2. The highest BCUT2D eigenvalue weighted by Crippen LogP contribution is 2.22. The molecule has 112 valence electrons. The van der Waals surface area contributed by atoms with Gasteiger partial charge in [-0.3, -0.25) is 4.79 Å². The van der Waals surface area contributed by atoms with Crippen LogP contribution in [0.2, 0.25) is 10.0 Å². The predicted octanol–water partition coefficient (Wildman–Crippen LogP) is 1.48. The highest BCUT2D eigenvalue weighted by atomic mass is 35.5. The number of rotatable bonds is 6. The van der Waals surface area contributed by atoms with E-state index in [1.165, 1.54) is 0 Å². The number of nitrogens with zero attached hydrogens (tertiary/aromatic N) is 2. The highest BCUT2D eigenvalue weighted by Gasteiger charge is 2.14. The molecule has 0 aliphatic rings. The van der Waals surface area contributed by atoms with Crippen LogP contribution < -0.4 is 16.4 Å². The fraction of sp³-hybridized carbons (Fsp3) is 0.250. The number of anilines is 1. The molecule has 0 fully saturated rings. The van der Waals surface area contributed by atoms with Crippen molar-refractivity contribution in [2.75, 3.05) is 18.8 Å². The zero-order valence-corrected chi connectivity index (χ0v) is 12.4. The summed E-state index contributed by atoms with van der Waals surface area (Å²) in [7, 11) is 0. The summed E-state index contributed by atoms with van der Waals surface area (Å²) >= 11 is 11.7.